The van der Waals surface area contributed by atoms with E-state index in [9.17, 15) is 0 Å². The van der Waals surface area contributed by atoms with Crippen molar-refractivity contribution in [2.75, 3.05) is 0 Å². The standard InChI is InChI=1S/C31H23N3/c1-31(2)24-9-3-4-12-29(24)34-28-14-13-20(26-10-5-7-15-32-26)17-22(28)23-18-21(19-25(31)30(23)34)27-11-6-8-16-33-27/h3-19H,1-2H3. The van der Waals surface area contributed by atoms with Crippen LogP contribution in [0.5, 0.6) is 0 Å². The molecule has 0 N–H and O–H groups in total. The third-order valence-corrected chi connectivity index (χ3v) is 7.27. The Hall–Kier alpha value is -4.24. The number of para-hydroxylation sites is 1. The fourth-order valence-electron chi connectivity index (χ4n) is 5.59. The van der Waals surface area contributed by atoms with Crippen LogP contribution in [0.4, 0.5) is 0 Å². The first-order chi connectivity index (χ1) is 16.6. The van der Waals surface area contributed by atoms with Gasteiger partial charge in [-0.2, -0.15) is 0 Å². The van der Waals surface area contributed by atoms with Gasteiger partial charge >= 0.3 is 0 Å². The molecule has 0 spiro atoms. The molecule has 0 aliphatic carbocycles. The molecule has 1 aliphatic heterocycles. The summed E-state index contributed by atoms with van der Waals surface area (Å²) >= 11 is 0. The van der Waals surface area contributed by atoms with Gasteiger partial charge in [0, 0.05) is 39.7 Å². The van der Waals surface area contributed by atoms with Crippen molar-refractivity contribution in [2.45, 2.75) is 19.3 Å². The van der Waals surface area contributed by atoms with Gasteiger partial charge in [-0.05, 0) is 65.7 Å². The van der Waals surface area contributed by atoms with Crippen LogP contribution in [0.1, 0.15) is 25.0 Å². The monoisotopic (exact) mass is 437 g/mol. The zero-order chi connectivity index (χ0) is 22.9. The van der Waals surface area contributed by atoms with Crippen molar-refractivity contribution in [2.24, 2.45) is 0 Å². The lowest BCUT2D eigenvalue weighted by Crippen LogP contribution is -2.26. The molecule has 7 rings (SSSR count). The molecule has 0 amide bonds. The molecule has 0 radical (unpaired) electrons. The van der Waals surface area contributed by atoms with E-state index in [4.69, 9.17) is 0 Å². The molecular weight excluding hydrogens is 414 g/mol. The second-order valence-electron chi connectivity index (χ2n) is 9.56. The van der Waals surface area contributed by atoms with Gasteiger partial charge in [0.05, 0.1) is 28.1 Å². The summed E-state index contributed by atoms with van der Waals surface area (Å²) < 4.78 is 2.45. The maximum atomic E-state index is 4.68. The maximum Gasteiger partial charge on any atom is 0.0702 e. The highest BCUT2D eigenvalue weighted by molar-refractivity contribution is 6.13. The molecule has 0 atom stereocenters. The van der Waals surface area contributed by atoms with Gasteiger partial charge in [-0.25, -0.2) is 0 Å². The van der Waals surface area contributed by atoms with Crippen LogP contribution in [0, 0.1) is 0 Å². The molecule has 162 valence electrons. The Balaban J connectivity index is 1.65. The quantitative estimate of drug-likeness (QED) is 0.280. The average Bonchev–Trinajstić information content (AvgIpc) is 3.22. The number of hydrogen-bond donors (Lipinski definition) is 0. The number of fused-ring (bicyclic) bond motifs is 5. The molecule has 0 unspecified atom stereocenters. The fraction of sp³-hybridized carbons (Fsp3) is 0.0968. The van der Waals surface area contributed by atoms with Crippen molar-refractivity contribution in [3.8, 4) is 28.2 Å². The predicted octanol–water partition coefficient (Wildman–Crippen LogP) is 7.55. The third kappa shape index (κ3) is 2.58. The van der Waals surface area contributed by atoms with E-state index in [1.165, 1.54) is 38.6 Å². The van der Waals surface area contributed by atoms with E-state index < -0.39 is 0 Å². The van der Waals surface area contributed by atoms with Crippen LogP contribution in [0.15, 0.2) is 103 Å². The molecule has 0 fully saturated rings. The minimum Gasteiger partial charge on any atom is -0.309 e. The van der Waals surface area contributed by atoms with Crippen molar-refractivity contribution in [1.29, 1.82) is 0 Å². The Morgan fingerprint density at radius 3 is 2.03 bits per heavy atom. The lowest BCUT2D eigenvalue weighted by Gasteiger charge is -2.35. The van der Waals surface area contributed by atoms with Crippen LogP contribution in [0.3, 0.4) is 0 Å². The summed E-state index contributed by atoms with van der Waals surface area (Å²) in [4.78, 5) is 9.28. The number of hydrogen-bond acceptors (Lipinski definition) is 2. The molecule has 0 saturated carbocycles. The summed E-state index contributed by atoms with van der Waals surface area (Å²) in [6.45, 7) is 4.67. The summed E-state index contributed by atoms with van der Waals surface area (Å²) in [5.74, 6) is 0. The molecule has 3 heteroatoms. The molecule has 0 bridgehead atoms. The Bertz CT molecular complexity index is 1710. The molecule has 3 nitrogen and oxygen atoms in total. The van der Waals surface area contributed by atoms with Gasteiger partial charge in [0.1, 0.15) is 0 Å². The van der Waals surface area contributed by atoms with E-state index >= 15 is 0 Å². The molecule has 1 aliphatic rings. The Morgan fingerprint density at radius 2 is 1.29 bits per heavy atom. The van der Waals surface area contributed by atoms with Crippen molar-refractivity contribution < 1.29 is 0 Å². The zero-order valence-corrected chi connectivity index (χ0v) is 19.2. The van der Waals surface area contributed by atoms with Crippen LogP contribution in [-0.2, 0) is 5.41 Å². The van der Waals surface area contributed by atoms with Crippen LogP contribution < -0.4 is 0 Å². The van der Waals surface area contributed by atoms with Gasteiger partial charge < -0.3 is 4.57 Å². The van der Waals surface area contributed by atoms with E-state index in [-0.39, 0.29) is 5.41 Å². The Morgan fingerprint density at radius 1 is 0.618 bits per heavy atom. The largest absolute Gasteiger partial charge is 0.309 e. The van der Waals surface area contributed by atoms with Crippen LogP contribution in [0.25, 0.3) is 50.0 Å². The SMILES string of the molecule is CC1(C)c2ccccc2-n2c3ccc(-c4ccccn4)cc3c3cc(-c4ccccn4)cc1c32. The summed E-state index contributed by atoms with van der Waals surface area (Å²) in [6, 6.07) is 32.4. The van der Waals surface area contributed by atoms with E-state index in [2.05, 4.69) is 101 Å². The number of rotatable bonds is 2. The van der Waals surface area contributed by atoms with Crippen molar-refractivity contribution in [3.05, 3.63) is 115 Å². The second kappa shape index (κ2) is 6.88. The average molecular weight is 438 g/mol. The Kier molecular flexibility index (Phi) is 3.89. The van der Waals surface area contributed by atoms with E-state index in [1.54, 1.807) is 0 Å². The Labute approximate surface area is 198 Å². The number of nitrogens with zero attached hydrogens (tertiary/aromatic N) is 3. The lowest BCUT2D eigenvalue weighted by molar-refractivity contribution is 0.630. The van der Waals surface area contributed by atoms with E-state index in [0.717, 1.165) is 22.5 Å². The highest BCUT2D eigenvalue weighted by Crippen LogP contribution is 2.49. The minimum absolute atomic E-state index is 0.131. The fourth-order valence-corrected chi connectivity index (χ4v) is 5.59. The van der Waals surface area contributed by atoms with E-state index in [1.807, 2.05) is 30.6 Å². The summed E-state index contributed by atoms with van der Waals surface area (Å²) in [5.41, 5.74) is 10.6. The third-order valence-electron chi connectivity index (χ3n) is 7.27. The normalized spacial score (nSPS) is 13.8. The lowest BCUT2D eigenvalue weighted by atomic mass is 9.74. The highest BCUT2D eigenvalue weighted by atomic mass is 15.0. The molecule has 3 aromatic heterocycles. The molecule has 0 saturated heterocycles. The molecule has 6 aromatic rings. The van der Waals surface area contributed by atoms with Crippen LogP contribution in [-0.4, -0.2) is 14.5 Å². The molecule has 3 aromatic carbocycles. The molecule has 4 heterocycles. The van der Waals surface area contributed by atoms with Crippen LogP contribution in [0.2, 0.25) is 0 Å². The second-order valence-corrected chi connectivity index (χ2v) is 9.56. The van der Waals surface area contributed by atoms with E-state index in [0.29, 0.717) is 0 Å². The zero-order valence-electron chi connectivity index (χ0n) is 19.2. The summed E-state index contributed by atoms with van der Waals surface area (Å²) in [5, 5.41) is 2.50. The summed E-state index contributed by atoms with van der Waals surface area (Å²) in [6.07, 6.45) is 3.72. The van der Waals surface area contributed by atoms with Gasteiger partial charge in [-0.1, -0.05) is 50.2 Å². The highest BCUT2D eigenvalue weighted by Gasteiger charge is 2.35. The smallest absolute Gasteiger partial charge is 0.0702 e. The first-order valence-corrected chi connectivity index (χ1v) is 11.7. The van der Waals surface area contributed by atoms with Gasteiger partial charge in [-0.15, -0.1) is 0 Å². The maximum absolute atomic E-state index is 4.68. The molecular formula is C31H23N3. The molecule has 34 heavy (non-hydrogen) atoms. The van der Waals surface area contributed by atoms with Gasteiger partial charge in [0.2, 0.25) is 0 Å². The van der Waals surface area contributed by atoms with Gasteiger partial charge in [0.15, 0.2) is 0 Å². The number of aromatic nitrogens is 3. The summed E-state index contributed by atoms with van der Waals surface area (Å²) in [7, 11) is 0. The first-order valence-electron chi connectivity index (χ1n) is 11.7. The first kappa shape index (κ1) is 19.2. The number of pyridine rings is 2. The minimum atomic E-state index is -0.131. The predicted molar refractivity (Wildman–Crippen MR) is 139 cm³/mol. The van der Waals surface area contributed by atoms with Crippen LogP contribution >= 0.6 is 0 Å². The number of benzene rings is 3. The van der Waals surface area contributed by atoms with Crippen molar-refractivity contribution in [3.63, 3.8) is 0 Å². The van der Waals surface area contributed by atoms with Gasteiger partial charge in [-0.3, -0.25) is 9.97 Å². The van der Waals surface area contributed by atoms with Crippen molar-refractivity contribution >= 4 is 21.8 Å². The van der Waals surface area contributed by atoms with Crippen molar-refractivity contribution in [1.82, 2.24) is 14.5 Å². The topological polar surface area (TPSA) is 30.7 Å². The van der Waals surface area contributed by atoms with Gasteiger partial charge in [0.25, 0.3) is 0 Å².